The van der Waals surface area contributed by atoms with E-state index in [4.69, 9.17) is 9.15 Å². The highest BCUT2D eigenvalue weighted by Crippen LogP contribution is 2.37. The number of likely N-dealkylation sites (tertiary alicyclic amines) is 2. The van der Waals surface area contributed by atoms with Gasteiger partial charge in [-0.1, -0.05) is 0 Å². The molecule has 25 heavy (non-hydrogen) atoms. The van der Waals surface area contributed by atoms with Crippen LogP contribution in [0.3, 0.4) is 0 Å². The minimum Gasteiger partial charge on any atom is -0.466 e. The number of hydrogen-bond donors (Lipinski definition) is 0. The van der Waals surface area contributed by atoms with Crippen molar-refractivity contribution in [1.29, 1.82) is 0 Å². The summed E-state index contributed by atoms with van der Waals surface area (Å²) in [6, 6.07) is 2.08. The lowest BCUT2D eigenvalue weighted by atomic mass is 9.89. The van der Waals surface area contributed by atoms with Gasteiger partial charge in [0.1, 0.15) is 11.5 Å². The largest absolute Gasteiger partial charge is 0.466 e. The minimum absolute atomic E-state index is 0.0224. The molecule has 3 fully saturated rings. The number of furan rings is 1. The molecule has 4 rings (SSSR count). The summed E-state index contributed by atoms with van der Waals surface area (Å²) in [7, 11) is 0. The molecule has 1 aromatic heterocycles. The zero-order valence-corrected chi connectivity index (χ0v) is 15.0. The molecule has 0 unspecified atom stereocenters. The molecule has 136 valence electrons. The van der Waals surface area contributed by atoms with E-state index in [0.717, 1.165) is 38.0 Å². The molecule has 0 bridgehead atoms. The van der Waals surface area contributed by atoms with Crippen molar-refractivity contribution >= 4 is 11.8 Å². The van der Waals surface area contributed by atoms with Crippen molar-refractivity contribution < 1.29 is 18.7 Å². The van der Waals surface area contributed by atoms with Gasteiger partial charge in [0, 0.05) is 32.2 Å². The topological polar surface area (TPSA) is 63.0 Å². The Morgan fingerprint density at radius 1 is 1.32 bits per heavy atom. The molecule has 0 saturated carbocycles. The standard InChI is InChI=1S/C19H26N2O4/c1-13-10-16(14(2)25-13)18(23)20-8-6-19(12-20)11-15(5-9-24-19)21-7-3-4-17(21)22/h10,15H,3-9,11-12H2,1-2H3/t15-,19+/m0/s1. The molecule has 0 aliphatic carbocycles. The highest BCUT2D eigenvalue weighted by molar-refractivity contribution is 5.95. The molecule has 3 saturated heterocycles. The average Bonchev–Trinajstić information content (AvgIpc) is 3.27. The maximum Gasteiger partial charge on any atom is 0.257 e. The molecule has 0 aromatic carbocycles. The molecule has 1 spiro atoms. The summed E-state index contributed by atoms with van der Waals surface area (Å²) >= 11 is 0. The Bertz CT molecular complexity index is 698. The van der Waals surface area contributed by atoms with Gasteiger partial charge in [-0.2, -0.15) is 0 Å². The van der Waals surface area contributed by atoms with E-state index in [2.05, 4.69) is 0 Å². The van der Waals surface area contributed by atoms with Gasteiger partial charge in [0.15, 0.2) is 0 Å². The van der Waals surface area contributed by atoms with Crippen molar-refractivity contribution in [3.05, 3.63) is 23.2 Å². The first kappa shape index (κ1) is 16.6. The number of amides is 2. The van der Waals surface area contributed by atoms with E-state index in [-0.39, 0.29) is 23.5 Å². The summed E-state index contributed by atoms with van der Waals surface area (Å²) in [5.41, 5.74) is 0.352. The van der Waals surface area contributed by atoms with Crippen LogP contribution in [0.25, 0.3) is 0 Å². The number of ether oxygens (including phenoxy) is 1. The van der Waals surface area contributed by atoms with Gasteiger partial charge >= 0.3 is 0 Å². The predicted octanol–water partition coefficient (Wildman–Crippen LogP) is 2.28. The van der Waals surface area contributed by atoms with Crippen LogP contribution in [0.15, 0.2) is 10.5 Å². The molecule has 6 nitrogen and oxygen atoms in total. The molecule has 3 aliphatic rings. The second kappa shape index (κ2) is 6.16. The summed E-state index contributed by atoms with van der Waals surface area (Å²) in [6.07, 6.45) is 4.22. The van der Waals surface area contributed by atoms with Crippen LogP contribution in [0.1, 0.15) is 54.0 Å². The number of aryl methyl sites for hydroxylation is 2. The first-order valence-electron chi connectivity index (χ1n) is 9.27. The third-order valence-corrected chi connectivity index (χ3v) is 5.89. The quantitative estimate of drug-likeness (QED) is 0.824. The Morgan fingerprint density at radius 2 is 2.16 bits per heavy atom. The third kappa shape index (κ3) is 2.97. The van der Waals surface area contributed by atoms with Crippen molar-refractivity contribution in [2.75, 3.05) is 26.2 Å². The molecule has 0 radical (unpaired) electrons. The third-order valence-electron chi connectivity index (χ3n) is 5.89. The van der Waals surface area contributed by atoms with Crippen LogP contribution < -0.4 is 0 Å². The van der Waals surface area contributed by atoms with E-state index in [1.807, 2.05) is 29.7 Å². The normalized spacial score (nSPS) is 29.8. The Labute approximate surface area is 148 Å². The molecule has 6 heteroatoms. The van der Waals surface area contributed by atoms with Crippen LogP contribution in [0.2, 0.25) is 0 Å². The first-order chi connectivity index (χ1) is 12.0. The Hall–Kier alpha value is -1.82. The average molecular weight is 346 g/mol. The second-order valence-electron chi connectivity index (χ2n) is 7.67. The zero-order valence-electron chi connectivity index (χ0n) is 15.0. The van der Waals surface area contributed by atoms with Crippen LogP contribution in [0, 0.1) is 13.8 Å². The SMILES string of the molecule is Cc1cc(C(=O)N2CC[C@@]3(C[C@@H](N4CCCC4=O)CCO3)C2)c(C)o1. The van der Waals surface area contributed by atoms with Crippen molar-refractivity contribution in [3.63, 3.8) is 0 Å². The van der Waals surface area contributed by atoms with Crippen molar-refractivity contribution in [2.45, 2.75) is 57.6 Å². The van der Waals surface area contributed by atoms with Gasteiger partial charge in [0.2, 0.25) is 5.91 Å². The van der Waals surface area contributed by atoms with Gasteiger partial charge in [-0.3, -0.25) is 9.59 Å². The van der Waals surface area contributed by atoms with Crippen molar-refractivity contribution in [2.24, 2.45) is 0 Å². The molecule has 0 N–H and O–H groups in total. The molecular weight excluding hydrogens is 320 g/mol. The maximum absolute atomic E-state index is 12.8. The number of rotatable bonds is 2. The van der Waals surface area contributed by atoms with Crippen molar-refractivity contribution in [1.82, 2.24) is 9.80 Å². The van der Waals surface area contributed by atoms with Gasteiger partial charge in [0.05, 0.1) is 17.7 Å². The number of carbonyl (C=O) groups is 2. The Balaban J connectivity index is 1.46. The van der Waals surface area contributed by atoms with Crippen LogP contribution in [-0.4, -0.2) is 59.5 Å². The molecule has 2 amide bonds. The van der Waals surface area contributed by atoms with Crippen LogP contribution in [0.4, 0.5) is 0 Å². The second-order valence-corrected chi connectivity index (χ2v) is 7.67. The lowest BCUT2D eigenvalue weighted by Gasteiger charge is -2.41. The number of hydrogen-bond acceptors (Lipinski definition) is 4. The van der Waals surface area contributed by atoms with Crippen molar-refractivity contribution in [3.8, 4) is 0 Å². The minimum atomic E-state index is -0.297. The fourth-order valence-electron chi connectivity index (χ4n) is 4.64. The monoisotopic (exact) mass is 346 g/mol. The van der Waals surface area contributed by atoms with E-state index >= 15 is 0 Å². The molecule has 4 heterocycles. The lowest BCUT2D eigenvalue weighted by Crippen LogP contribution is -2.50. The van der Waals surface area contributed by atoms with Crippen LogP contribution in [0.5, 0.6) is 0 Å². The van der Waals surface area contributed by atoms with Gasteiger partial charge in [-0.25, -0.2) is 0 Å². The van der Waals surface area contributed by atoms with E-state index in [0.29, 0.717) is 37.4 Å². The van der Waals surface area contributed by atoms with Gasteiger partial charge in [-0.15, -0.1) is 0 Å². The van der Waals surface area contributed by atoms with Gasteiger partial charge in [-0.05, 0) is 45.6 Å². The van der Waals surface area contributed by atoms with Gasteiger partial charge in [0.25, 0.3) is 5.91 Å². The predicted molar refractivity (Wildman–Crippen MR) is 91.4 cm³/mol. The fourth-order valence-corrected chi connectivity index (χ4v) is 4.64. The highest BCUT2D eigenvalue weighted by atomic mass is 16.5. The maximum atomic E-state index is 12.8. The summed E-state index contributed by atoms with van der Waals surface area (Å²) in [6.45, 7) is 6.53. The fraction of sp³-hybridized carbons (Fsp3) is 0.684. The molecule has 2 atom stereocenters. The van der Waals surface area contributed by atoms with E-state index in [1.54, 1.807) is 0 Å². The van der Waals surface area contributed by atoms with E-state index in [9.17, 15) is 9.59 Å². The zero-order chi connectivity index (χ0) is 17.6. The van der Waals surface area contributed by atoms with E-state index in [1.165, 1.54) is 0 Å². The summed E-state index contributed by atoms with van der Waals surface area (Å²) < 4.78 is 11.7. The molecular formula is C19H26N2O4. The summed E-state index contributed by atoms with van der Waals surface area (Å²) in [5, 5.41) is 0. The lowest BCUT2D eigenvalue weighted by molar-refractivity contribution is -0.137. The number of carbonyl (C=O) groups excluding carboxylic acids is 2. The first-order valence-corrected chi connectivity index (χ1v) is 9.27. The van der Waals surface area contributed by atoms with Gasteiger partial charge < -0.3 is 19.0 Å². The summed E-state index contributed by atoms with van der Waals surface area (Å²) in [5.74, 6) is 1.73. The number of nitrogens with zero attached hydrogens (tertiary/aromatic N) is 2. The molecule has 1 aromatic rings. The van der Waals surface area contributed by atoms with Crippen LogP contribution in [-0.2, 0) is 9.53 Å². The molecule has 3 aliphatic heterocycles. The summed E-state index contributed by atoms with van der Waals surface area (Å²) in [4.78, 5) is 28.8. The highest BCUT2D eigenvalue weighted by Gasteiger charge is 2.47. The Morgan fingerprint density at radius 3 is 2.84 bits per heavy atom. The van der Waals surface area contributed by atoms with E-state index < -0.39 is 0 Å². The van der Waals surface area contributed by atoms with Crippen LogP contribution >= 0.6 is 0 Å². The smallest absolute Gasteiger partial charge is 0.257 e. The Kier molecular flexibility index (Phi) is 4.10.